The molecule has 8 nitrogen and oxygen atoms in total. The van der Waals surface area contributed by atoms with Crippen LogP contribution in [0.3, 0.4) is 0 Å². The Hall–Kier alpha value is -3.42. The van der Waals surface area contributed by atoms with Crippen molar-refractivity contribution in [3.63, 3.8) is 0 Å². The first kappa shape index (κ1) is 19.3. The maximum Gasteiger partial charge on any atom is 0.266 e. The normalized spacial score (nSPS) is 10.6. The Balaban J connectivity index is 1.54. The summed E-state index contributed by atoms with van der Waals surface area (Å²) in [7, 11) is 0. The van der Waals surface area contributed by atoms with E-state index in [1.165, 1.54) is 10.7 Å². The van der Waals surface area contributed by atoms with Crippen molar-refractivity contribution in [3.05, 3.63) is 70.8 Å². The second kappa shape index (κ2) is 9.50. The maximum atomic E-state index is 12.3. The van der Waals surface area contributed by atoms with E-state index in [4.69, 9.17) is 4.74 Å². The van der Waals surface area contributed by atoms with Crippen LogP contribution in [0, 0.1) is 0 Å². The Morgan fingerprint density at radius 1 is 1.18 bits per heavy atom. The Labute approximate surface area is 162 Å². The van der Waals surface area contributed by atoms with E-state index in [1.54, 1.807) is 53.5 Å². The minimum Gasteiger partial charge on any atom is -0.494 e. The third kappa shape index (κ3) is 5.06. The van der Waals surface area contributed by atoms with Gasteiger partial charge in [-0.15, -0.1) is 5.10 Å². The van der Waals surface area contributed by atoms with Crippen molar-refractivity contribution in [2.75, 3.05) is 13.2 Å². The number of aromatic nitrogens is 4. The molecule has 8 heteroatoms. The summed E-state index contributed by atoms with van der Waals surface area (Å²) in [6, 6.07) is 11.8. The lowest BCUT2D eigenvalue weighted by atomic mass is 10.2. The lowest BCUT2D eigenvalue weighted by Gasteiger charge is -2.09. The van der Waals surface area contributed by atoms with Crippen molar-refractivity contribution in [2.45, 2.75) is 26.3 Å². The van der Waals surface area contributed by atoms with Crippen LogP contribution in [0.25, 0.3) is 5.82 Å². The highest BCUT2D eigenvalue weighted by atomic mass is 16.5. The average molecular weight is 381 g/mol. The first-order valence-corrected chi connectivity index (χ1v) is 9.26. The fourth-order valence-electron chi connectivity index (χ4n) is 2.54. The van der Waals surface area contributed by atoms with Crippen LogP contribution in [-0.2, 0) is 6.54 Å². The highest BCUT2D eigenvalue weighted by Crippen LogP contribution is 2.12. The molecule has 0 spiro atoms. The quantitative estimate of drug-likeness (QED) is 0.573. The van der Waals surface area contributed by atoms with Gasteiger partial charge >= 0.3 is 0 Å². The lowest BCUT2D eigenvalue weighted by Crippen LogP contribution is -2.32. The molecule has 0 bridgehead atoms. The number of hydrogen-bond acceptors (Lipinski definition) is 5. The summed E-state index contributed by atoms with van der Waals surface area (Å²) in [5.41, 5.74) is 0.298. The molecule has 28 heavy (non-hydrogen) atoms. The molecule has 0 radical (unpaired) electrons. The number of carbonyl (C=O) groups is 1. The van der Waals surface area contributed by atoms with Crippen molar-refractivity contribution in [3.8, 4) is 11.6 Å². The Kier molecular flexibility index (Phi) is 6.56. The topological polar surface area (TPSA) is 91.0 Å². The highest BCUT2D eigenvalue weighted by Gasteiger charge is 2.07. The zero-order valence-electron chi connectivity index (χ0n) is 15.7. The van der Waals surface area contributed by atoms with Crippen molar-refractivity contribution in [1.82, 2.24) is 24.9 Å². The molecule has 0 atom stereocenters. The van der Waals surface area contributed by atoms with Gasteiger partial charge in [-0.3, -0.25) is 9.59 Å². The molecule has 2 heterocycles. The van der Waals surface area contributed by atoms with Crippen LogP contribution < -0.4 is 15.6 Å². The van der Waals surface area contributed by atoms with Gasteiger partial charge in [0.15, 0.2) is 5.82 Å². The SMILES string of the molecule is CCCCOc1ccc(C(=O)NCCn2nc(-n3cccn3)ccc2=O)cc1. The predicted molar refractivity (Wildman–Crippen MR) is 105 cm³/mol. The molecule has 1 N–H and O–H groups in total. The molecule has 0 fully saturated rings. The van der Waals surface area contributed by atoms with Gasteiger partial charge in [-0.05, 0) is 42.8 Å². The molecular formula is C20H23N5O3. The summed E-state index contributed by atoms with van der Waals surface area (Å²) >= 11 is 0. The van der Waals surface area contributed by atoms with E-state index in [2.05, 4.69) is 22.4 Å². The van der Waals surface area contributed by atoms with Gasteiger partial charge in [-0.2, -0.15) is 5.10 Å². The summed E-state index contributed by atoms with van der Waals surface area (Å²) in [6.07, 6.45) is 5.45. The minimum absolute atomic E-state index is 0.212. The summed E-state index contributed by atoms with van der Waals surface area (Å²) in [5, 5.41) is 11.2. The van der Waals surface area contributed by atoms with E-state index in [0.717, 1.165) is 18.6 Å². The molecule has 0 saturated carbocycles. The number of benzene rings is 1. The number of hydrogen-bond donors (Lipinski definition) is 1. The molecule has 0 aliphatic heterocycles. The van der Waals surface area contributed by atoms with E-state index < -0.39 is 0 Å². The summed E-state index contributed by atoms with van der Waals surface area (Å²) < 4.78 is 8.47. The summed E-state index contributed by atoms with van der Waals surface area (Å²) in [5.74, 6) is 1.07. The summed E-state index contributed by atoms with van der Waals surface area (Å²) in [4.78, 5) is 24.2. The van der Waals surface area contributed by atoms with Crippen LogP contribution in [0.15, 0.2) is 59.7 Å². The van der Waals surface area contributed by atoms with Crippen molar-refractivity contribution >= 4 is 5.91 Å². The average Bonchev–Trinajstić information content (AvgIpc) is 3.25. The van der Waals surface area contributed by atoms with E-state index in [1.807, 2.05) is 0 Å². The third-order valence-electron chi connectivity index (χ3n) is 4.08. The number of carbonyl (C=O) groups excluding carboxylic acids is 1. The second-order valence-electron chi connectivity index (χ2n) is 6.19. The number of ether oxygens (including phenoxy) is 1. The van der Waals surface area contributed by atoms with Gasteiger partial charge in [0.1, 0.15) is 5.75 Å². The molecule has 2 aromatic heterocycles. The smallest absolute Gasteiger partial charge is 0.266 e. The van der Waals surface area contributed by atoms with Crippen LogP contribution in [0.4, 0.5) is 0 Å². The number of nitrogens with one attached hydrogen (secondary N) is 1. The van der Waals surface area contributed by atoms with Crippen LogP contribution in [-0.4, -0.2) is 38.6 Å². The van der Waals surface area contributed by atoms with E-state index in [9.17, 15) is 9.59 Å². The molecule has 146 valence electrons. The Morgan fingerprint density at radius 2 is 2.00 bits per heavy atom. The van der Waals surface area contributed by atoms with Crippen LogP contribution in [0.2, 0.25) is 0 Å². The van der Waals surface area contributed by atoms with E-state index >= 15 is 0 Å². The van der Waals surface area contributed by atoms with E-state index in [-0.39, 0.29) is 24.6 Å². The van der Waals surface area contributed by atoms with E-state index in [0.29, 0.717) is 18.0 Å². The number of amides is 1. The fraction of sp³-hybridized carbons (Fsp3) is 0.300. The van der Waals surface area contributed by atoms with Crippen LogP contribution in [0.1, 0.15) is 30.1 Å². The molecule has 0 aliphatic carbocycles. The summed E-state index contributed by atoms with van der Waals surface area (Å²) in [6.45, 7) is 3.32. The maximum absolute atomic E-state index is 12.3. The third-order valence-corrected chi connectivity index (χ3v) is 4.08. The monoisotopic (exact) mass is 381 g/mol. The number of rotatable bonds is 9. The second-order valence-corrected chi connectivity index (χ2v) is 6.19. The zero-order chi connectivity index (χ0) is 19.8. The van der Waals surface area contributed by atoms with Gasteiger partial charge in [-0.25, -0.2) is 9.36 Å². The van der Waals surface area contributed by atoms with Gasteiger partial charge < -0.3 is 10.1 Å². The molecule has 0 aliphatic rings. The first-order valence-electron chi connectivity index (χ1n) is 9.26. The van der Waals surface area contributed by atoms with Crippen LogP contribution >= 0.6 is 0 Å². The Bertz CT molecular complexity index is 949. The lowest BCUT2D eigenvalue weighted by molar-refractivity contribution is 0.0951. The van der Waals surface area contributed by atoms with Crippen molar-refractivity contribution in [2.24, 2.45) is 0 Å². The molecule has 3 rings (SSSR count). The molecule has 0 unspecified atom stereocenters. The molecular weight excluding hydrogens is 358 g/mol. The largest absolute Gasteiger partial charge is 0.494 e. The number of nitrogens with zero attached hydrogens (tertiary/aromatic N) is 4. The molecule has 0 saturated heterocycles. The van der Waals surface area contributed by atoms with Gasteiger partial charge in [0.05, 0.1) is 13.2 Å². The number of unbranched alkanes of at least 4 members (excludes halogenated alkanes) is 1. The van der Waals surface area contributed by atoms with Crippen molar-refractivity contribution in [1.29, 1.82) is 0 Å². The van der Waals surface area contributed by atoms with Gasteiger partial charge in [0.2, 0.25) is 0 Å². The fourth-order valence-corrected chi connectivity index (χ4v) is 2.54. The van der Waals surface area contributed by atoms with Crippen molar-refractivity contribution < 1.29 is 9.53 Å². The highest BCUT2D eigenvalue weighted by molar-refractivity contribution is 5.94. The minimum atomic E-state index is -0.237. The Morgan fingerprint density at radius 3 is 2.71 bits per heavy atom. The van der Waals surface area contributed by atoms with Gasteiger partial charge in [-0.1, -0.05) is 13.3 Å². The molecule has 1 aromatic carbocycles. The molecule has 3 aromatic rings. The standard InChI is InChI=1S/C20H23N5O3/c1-2-3-15-28-17-7-5-16(6-8-17)20(27)21-12-14-25-19(26)10-9-18(23-25)24-13-4-11-22-24/h4-11,13H,2-3,12,14-15H2,1H3,(H,21,27). The predicted octanol–water partition coefficient (Wildman–Crippen LogP) is 2.04. The van der Waals surface area contributed by atoms with Crippen LogP contribution in [0.5, 0.6) is 5.75 Å². The zero-order valence-corrected chi connectivity index (χ0v) is 15.7. The molecule has 1 amide bonds. The first-order chi connectivity index (χ1) is 13.7. The van der Waals surface area contributed by atoms with Gasteiger partial charge in [0, 0.05) is 30.6 Å². The van der Waals surface area contributed by atoms with Gasteiger partial charge in [0.25, 0.3) is 11.5 Å².